The number of methoxy groups -OCH3 is 1. The van der Waals surface area contributed by atoms with Gasteiger partial charge in [0.15, 0.2) is 11.5 Å². The van der Waals surface area contributed by atoms with Crippen molar-refractivity contribution < 1.29 is 9.47 Å². The van der Waals surface area contributed by atoms with Crippen molar-refractivity contribution in [2.75, 3.05) is 18.6 Å². The van der Waals surface area contributed by atoms with Gasteiger partial charge in [-0.05, 0) is 49.6 Å². The molecule has 25 heavy (non-hydrogen) atoms. The van der Waals surface area contributed by atoms with E-state index in [4.69, 9.17) is 20.9 Å². The lowest BCUT2D eigenvalue weighted by Crippen LogP contribution is -2.29. The molecule has 3 rings (SSSR count). The van der Waals surface area contributed by atoms with Gasteiger partial charge in [-0.2, -0.15) is 4.98 Å². The van der Waals surface area contributed by atoms with E-state index in [1.54, 1.807) is 13.3 Å². The summed E-state index contributed by atoms with van der Waals surface area (Å²) in [4.78, 5) is 8.06. The third-order valence-electron chi connectivity index (χ3n) is 4.26. The molecule has 1 aliphatic heterocycles. The molecular weight excluding hydrogens is 316 g/mol. The predicted molar refractivity (Wildman–Crippen MR) is 99.6 cm³/mol. The van der Waals surface area contributed by atoms with Crippen molar-refractivity contribution in [3.05, 3.63) is 41.1 Å². The van der Waals surface area contributed by atoms with Crippen molar-refractivity contribution in [3.8, 4) is 11.5 Å². The fourth-order valence-corrected chi connectivity index (χ4v) is 3.13. The molecule has 0 fully saturated rings. The second-order valence-electron chi connectivity index (χ2n) is 6.72. The minimum absolute atomic E-state index is 0.177. The highest BCUT2D eigenvalue weighted by atomic mass is 16.5. The van der Waals surface area contributed by atoms with Crippen LogP contribution in [0.5, 0.6) is 11.5 Å². The van der Waals surface area contributed by atoms with Gasteiger partial charge in [0.25, 0.3) is 0 Å². The Morgan fingerprint density at radius 2 is 2.00 bits per heavy atom. The summed E-state index contributed by atoms with van der Waals surface area (Å²) in [5.41, 5.74) is 15.4. The van der Waals surface area contributed by atoms with E-state index in [-0.39, 0.29) is 11.5 Å². The van der Waals surface area contributed by atoms with Gasteiger partial charge < -0.3 is 20.9 Å². The molecule has 4 N–H and O–H groups in total. The largest absolute Gasteiger partial charge is 0.493 e. The summed E-state index contributed by atoms with van der Waals surface area (Å²) in [6.45, 7) is 6.23. The lowest BCUT2D eigenvalue weighted by Gasteiger charge is -2.32. The van der Waals surface area contributed by atoms with E-state index in [9.17, 15) is 0 Å². The van der Waals surface area contributed by atoms with Crippen molar-refractivity contribution in [3.63, 3.8) is 0 Å². The Morgan fingerprint density at radius 1 is 1.24 bits per heavy atom. The molecule has 0 atom stereocenters. The average molecular weight is 340 g/mol. The van der Waals surface area contributed by atoms with E-state index in [1.807, 2.05) is 19.9 Å². The molecule has 1 aromatic heterocycles. The highest BCUT2D eigenvalue weighted by Crippen LogP contribution is 2.44. The molecule has 1 aliphatic rings. The quantitative estimate of drug-likeness (QED) is 0.887. The maximum atomic E-state index is 6.15. The van der Waals surface area contributed by atoms with Crippen molar-refractivity contribution in [1.29, 1.82) is 0 Å². The number of hydrogen-bond donors (Lipinski definition) is 2. The van der Waals surface area contributed by atoms with Crippen LogP contribution < -0.4 is 20.9 Å². The number of fused-ring (bicyclic) bond motifs is 1. The molecule has 6 nitrogen and oxygen atoms in total. The summed E-state index contributed by atoms with van der Waals surface area (Å²) < 4.78 is 11.7. The molecule has 0 aliphatic carbocycles. The molecule has 1 aromatic carbocycles. The molecule has 0 spiro atoms. The van der Waals surface area contributed by atoms with E-state index in [1.165, 1.54) is 5.57 Å². The molecule has 2 heterocycles. The highest BCUT2D eigenvalue weighted by molar-refractivity contribution is 5.76. The Kier molecular flexibility index (Phi) is 4.29. The van der Waals surface area contributed by atoms with Crippen molar-refractivity contribution in [2.24, 2.45) is 0 Å². The first kappa shape index (κ1) is 17.1. The van der Waals surface area contributed by atoms with Crippen LogP contribution in [0.1, 0.15) is 43.9 Å². The van der Waals surface area contributed by atoms with E-state index >= 15 is 0 Å². The molecule has 0 amide bonds. The van der Waals surface area contributed by atoms with Crippen LogP contribution in [0.15, 0.2) is 24.4 Å². The summed E-state index contributed by atoms with van der Waals surface area (Å²) in [6, 6.07) is 4.10. The number of hydrogen-bond acceptors (Lipinski definition) is 6. The van der Waals surface area contributed by atoms with Gasteiger partial charge in [0.2, 0.25) is 5.95 Å². The molecule has 132 valence electrons. The molecular formula is C19H24N4O2. The minimum Gasteiger partial charge on any atom is -0.493 e. The van der Waals surface area contributed by atoms with Crippen LogP contribution in [0.2, 0.25) is 0 Å². The number of aromatic nitrogens is 2. The second-order valence-corrected chi connectivity index (χ2v) is 6.72. The lowest BCUT2D eigenvalue weighted by molar-refractivity contribution is 0.151. The Labute approximate surface area is 147 Å². The Morgan fingerprint density at radius 3 is 2.64 bits per heavy atom. The van der Waals surface area contributed by atoms with Gasteiger partial charge in [-0.25, -0.2) is 4.98 Å². The van der Waals surface area contributed by atoms with Crippen molar-refractivity contribution in [2.45, 2.75) is 39.2 Å². The zero-order chi connectivity index (χ0) is 18.2. The van der Waals surface area contributed by atoms with Crippen LogP contribution in [0.25, 0.3) is 5.57 Å². The van der Waals surface area contributed by atoms with Crippen LogP contribution in [0.3, 0.4) is 0 Å². The van der Waals surface area contributed by atoms with E-state index in [2.05, 4.69) is 29.0 Å². The monoisotopic (exact) mass is 340 g/mol. The minimum atomic E-state index is -0.359. The van der Waals surface area contributed by atoms with Gasteiger partial charge in [-0.3, -0.25) is 0 Å². The van der Waals surface area contributed by atoms with Crippen LogP contribution >= 0.6 is 0 Å². The first-order valence-corrected chi connectivity index (χ1v) is 8.32. The third kappa shape index (κ3) is 3.38. The van der Waals surface area contributed by atoms with Gasteiger partial charge in [0, 0.05) is 23.7 Å². The molecule has 0 unspecified atom stereocenters. The summed E-state index contributed by atoms with van der Waals surface area (Å²) >= 11 is 0. The van der Waals surface area contributed by atoms with E-state index in [0.717, 1.165) is 34.6 Å². The molecule has 0 bridgehead atoms. The Hall–Kier alpha value is -2.76. The summed E-state index contributed by atoms with van der Waals surface area (Å²) in [5.74, 6) is 2.08. The Balaban J connectivity index is 2.06. The number of nitrogen functional groups attached to an aromatic ring is 2. The van der Waals surface area contributed by atoms with Gasteiger partial charge >= 0.3 is 0 Å². The third-order valence-corrected chi connectivity index (χ3v) is 4.26. The number of anilines is 2. The molecule has 0 saturated carbocycles. The highest BCUT2D eigenvalue weighted by Gasteiger charge is 2.29. The van der Waals surface area contributed by atoms with Crippen molar-refractivity contribution >= 4 is 17.3 Å². The molecule has 6 heteroatoms. The zero-order valence-corrected chi connectivity index (χ0v) is 15.1. The summed E-state index contributed by atoms with van der Waals surface area (Å²) in [7, 11) is 1.65. The number of ether oxygens (including phenoxy) is 2. The maximum absolute atomic E-state index is 6.15. The Bertz CT molecular complexity index is 844. The standard InChI is InChI=1S/C19H24N4O2/c1-5-12-9-19(2,3)25-16-14(12)7-11(8-15(16)24-4)6-13-10-22-18(21)23-17(13)20/h7-10H,5-6H2,1-4H3,(H4,20,21,22,23). The number of allylic oxidation sites excluding steroid dienone is 1. The fourth-order valence-electron chi connectivity index (χ4n) is 3.13. The number of nitrogens with zero attached hydrogens (tertiary/aromatic N) is 2. The normalized spacial score (nSPS) is 15.1. The SMILES string of the molecule is CCC1=CC(C)(C)Oc2c(OC)cc(Cc3cnc(N)nc3N)cc21. The van der Waals surface area contributed by atoms with Crippen LogP contribution in [0.4, 0.5) is 11.8 Å². The number of nitrogens with two attached hydrogens (primary N) is 2. The second kappa shape index (κ2) is 6.27. The summed E-state index contributed by atoms with van der Waals surface area (Å²) in [6.07, 6.45) is 5.34. The average Bonchev–Trinajstić information content (AvgIpc) is 2.55. The lowest BCUT2D eigenvalue weighted by atomic mass is 9.90. The first-order valence-electron chi connectivity index (χ1n) is 8.32. The fraction of sp³-hybridized carbons (Fsp3) is 0.368. The number of rotatable bonds is 4. The van der Waals surface area contributed by atoms with E-state index < -0.39 is 0 Å². The smallest absolute Gasteiger partial charge is 0.221 e. The van der Waals surface area contributed by atoms with Crippen LogP contribution in [0, 0.1) is 0 Å². The van der Waals surface area contributed by atoms with Gasteiger partial charge in [0.1, 0.15) is 11.4 Å². The van der Waals surface area contributed by atoms with Gasteiger partial charge in [-0.15, -0.1) is 0 Å². The number of benzene rings is 1. The van der Waals surface area contributed by atoms with Gasteiger partial charge in [-0.1, -0.05) is 6.92 Å². The first-order chi connectivity index (χ1) is 11.8. The molecule has 2 aromatic rings. The zero-order valence-electron chi connectivity index (χ0n) is 15.1. The molecule has 0 radical (unpaired) electrons. The summed E-state index contributed by atoms with van der Waals surface area (Å²) in [5, 5.41) is 0. The molecule has 0 saturated heterocycles. The van der Waals surface area contributed by atoms with E-state index in [0.29, 0.717) is 12.2 Å². The van der Waals surface area contributed by atoms with Gasteiger partial charge in [0.05, 0.1) is 7.11 Å². The van der Waals surface area contributed by atoms with Crippen molar-refractivity contribution in [1.82, 2.24) is 9.97 Å². The van der Waals surface area contributed by atoms with Crippen LogP contribution in [-0.4, -0.2) is 22.7 Å². The topological polar surface area (TPSA) is 96.3 Å². The predicted octanol–water partition coefficient (Wildman–Crippen LogP) is 3.20. The van der Waals surface area contributed by atoms with Crippen LogP contribution in [-0.2, 0) is 6.42 Å². The maximum Gasteiger partial charge on any atom is 0.221 e.